The first-order chi connectivity index (χ1) is 8.47. The highest BCUT2D eigenvalue weighted by atomic mass is 16.6. The molecule has 3 N–H and O–H groups in total. The van der Waals surface area contributed by atoms with Crippen LogP contribution in [0.3, 0.4) is 0 Å². The first-order valence-electron chi connectivity index (χ1n) is 6.18. The third kappa shape index (κ3) is 8.78. The van der Waals surface area contributed by atoms with Crippen LogP contribution in [0.15, 0.2) is 18.3 Å². The summed E-state index contributed by atoms with van der Waals surface area (Å²) in [7, 11) is 0. The summed E-state index contributed by atoms with van der Waals surface area (Å²) < 4.78 is 10.5. The normalized spacial score (nSPS) is 10.5. The van der Waals surface area contributed by atoms with Gasteiger partial charge in [-0.05, 0) is 26.0 Å². The Kier molecular flexibility index (Phi) is 8.07. The molecule has 1 rings (SSSR count). The van der Waals surface area contributed by atoms with Crippen molar-refractivity contribution in [2.75, 3.05) is 18.9 Å². The van der Waals surface area contributed by atoms with E-state index < -0.39 is 5.79 Å². The zero-order chi connectivity index (χ0) is 14.0. The molecule has 5 nitrogen and oxygen atoms in total. The number of aromatic nitrogens is 1. The summed E-state index contributed by atoms with van der Waals surface area (Å²) in [6.45, 7) is 8.16. The van der Waals surface area contributed by atoms with Crippen LogP contribution in [0.5, 0.6) is 5.75 Å². The van der Waals surface area contributed by atoms with Gasteiger partial charge in [-0.1, -0.05) is 13.8 Å². The number of aliphatic hydroxyl groups is 1. The largest absolute Gasteiger partial charge is 0.492 e. The highest BCUT2D eigenvalue weighted by Gasteiger charge is 2.11. The number of ether oxygens (including phenoxy) is 2. The van der Waals surface area contributed by atoms with Gasteiger partial charge in [-0.2, -0.15) is 0 Å². The van der Waals surface area contributed by atoms with E-state index in [0.29, 0.717) is 31.2 Å². The van der Waals surface area contributed by atoms with Gasteiger partial charge in [0, 0.05) is 6.42 Å². The molecule has 0 unspecified atom stereocenters. The maximum Gasteiger partial charge on any atom is 0.159 e. The molecule has 5 heteroatoms. The smallest absolute Gasteiger partial charge is 0.159 e. The van der Waals surface area contributed by atoms with E-state index in [1.807, 2.05) is 13.8 Å². The second kappa shape index (κ2) is 8.72. The lowest BCUT2D eigenvalue weighted by Gasteiger charge is -2.17. The molecule has 0 saturated carbocycles. The third-order valence-corrected chi connectivity index (χ3v) is 1.77. The number of nitrogens with zero attached hydrogens (tertiary/aromatic N) is 1. The molecule has 18 heavy (non-hydrogen) atoms. The van der Waals surface area contributed by atoms with Crippen LogP contribution in [0.2, 0.25) is 0 Å². The number of nitrogen functional groups attached to an aromatic ring is 1. The van der Waals surface area contributed by atoms with Crippen molar-refractivity contribution < 1.29 is 14.6 Å². The van der Waals surface area contributed by atoms with Gasteiger partial charge in [-0.25, -0.2) is 4.98 Å². The molecule has 0 radical (unpaired) electrons. The van der Waals surface area contributed by atoms with E-state index in [1.54, 1.807) is 32.2 Å². The highest BCUT2D eigenvalue weighted by Crippen LogP contribution is 2.10. The number of hydrogen-bond acceptors (Lipinski definition) is 5. The monoisotopic (exact) mass is 256 g/mol. The molecule has 0 fully saturated rings. The number of rotatable bonds is 6. The highest BCUT2D eigenvalue weighted by molar-refractivity contribution is 5.31. The standard InChI is InChI=1S/C11H18N2O3.C2H6/c1-11(2,14)16-7-3-6-15-9-4-5-10(12)13-8-9;1-2/h4-5,8,14H,3,6-7H2,1-2H3,(H2,12,13);1-2H3. The zero-order valence-corrected chi connectivity index (χ0v) is 11.6. The van der Waals surface area contributed by atoms with Gasteiger partial charge in [0.15, 0.2) is 5.79 Å². The lowest BCUT2D eigenvalue weighted by atomic mass is 10.4. The molecule has 0 atom stereocenters. The molecular formula is C13H24N2O3. The van der Waals surface area contributed by atoms with Gasteiger partial charge in [0.05, 0.1) is 19.4 Å². The molecule has 1 aromatic rings. The minimum absolute atomic E-state index is 0.450. The average Bonchev–Trinajstić information content (AvgIpc) is 2.32. The van der Waals surface area contributed by atoms with E-state index in [4.69, 9.17) is 15.2 Å². The first kappa shape index (κ1) is 16.7. The van der Waals surface area contributed by atoms with E-state index in [2.05, 4.69) is 4.98 Å². The number of pyridine rings is 1. The van der Waals surface area contributed by atoms with Crippen LogP contribution in [0.4, 0.5) is 5.82 Å². The van der Waals surface area contributed by atoms with Crippen molar-refractivity contribution in [1.29, 1.82) is 0 Å². The quantitative estimate of drug-likeness (QED) is 0.602. The van der Waals surface area contributed by atoms with E-state index in [0.717, 1.165) is 0 Å². The van der Waals surface area contributed by atoms with Gasteiger partial charge in [-0.15, -0.1) is 0 Å². The molecule has 104 valence electrons. The van der Waals surface area contributed by atoms with Gasteiger partial charge in [0.25, 0.3) is 0 Å². The molecule has 0 spiro atoms. The van der Waals surface area contributed by atoms with Crippen LogP contribution in [-0.4, -0.2) is 29.1 Å². The topological polar surface area (TPSA) is 77.6 Å². The van der Waals surface area contributed by atoms with Crippen LogP contribution in [0.1, 0.15) is 34.1 Å². The molecule has 1 heterocycles. The van der Waals surface area contributed by atoms with Crippen molar-refractivity contribution in [1.82, 2.24) is 4.98 Å². The second-order valence-corrected chi connectivity index (χ2v) is 3.92. The molecule has 0 aliphatic carbocycles. The number of nitrogens with two attached hydrogens (primary N) is 1. The fourth-order valence-corrected chi connectivity index (χ4v) is 1.05. The van der Waals surface area contributed by atoms with E-state index in [9.17, 15) is 5.11 Å². The summed E-state index contributed by atoms with van der Waals surface area (Å²) >= 11 is 0. The Morgan fingerprint density at radius 3 is 2.44 bits per heavy atom. The van der Waals surface area contributed by atoms with Crippen molar-refractivity contribution in [2.24, 2.45) is 0 Å². The van der Waals surface area contributed by atoms with Crippen molar-refractivity contribution in [3.05, 3.63) is 18.3 Å². The fourth-order valence-electron chi connectivity index (χ4n) is 1.05. The van der Waals surface area contributed by atoms with E-state index in [1.165, 1.54) is 0 Å². The minimum atomic E-state index is -1.08. The molecule has 0 saturated heterocycles. The van der Waals surface area contributed by atoms with Crippen LogP contribution >= 0.6 is 0 Å². The van der Waals surface area contributed by atoms with Gasteiger partial charge >= 0.3 is 0 Å². The molecular weight excluding hydrogens is 232 g/mol. The Labute approximate surface area is 109 Å². The number of anilines is 1. The molecule has 0 amide bonds. The first-order valence-corrected chi connectivity index (χ1v) is 6.18. The van der Waals surface area contributed by atoms with Crippen molar-refractivity contribution in [2.45, 2.75) is 39.9 Å². The van der Waals surface area contributed by atoms with Gasteiger partial charge < -0.3 is 20.3 Å². The van der Waals surface area contributed by atoms with Crippen molar-refractivity contribution in [3.8, 4) is 5.75 Å². The predicted octanol–water partition coefficient (Wildman–Crippen LogP) is 2.20. The maximum atomic E-state index is 9.28. The summed E-state index contributed by atoms with van der Waals surface area (Å²) in [5.74, 6) is 0.0677. The van der Waals surface area contributed by atoms with Crippen LogP contribution in [0, 0.1) is 0 Å². The average molecular weight is 256 g/mol. The Morgan fingerprint density at radius 1 is 1.28 bits per heavy atom. The molecule has 0 aliphatic heterocycles. The van der Waals surface area contributed by atoms with Crippen LogP contribution in [-0.2, 0) is 4.74 Å². The third-order valence-electron chi connectivity index (χ3n) is 1.77. The van der Waals surface area contributed by atoms with Gasteiger partial charge in [-0.3, -0.25) is 0 Å². The molecule has 0 bridgehead atoms. The Bertz CT molecular complexity index is 307. The van der Waals surface area contributed by atoms with Gasteiger partial charge in [0.1, 0.15) is 11.6 Å². The minimum Gasteiger partial charge on any atom is -0.492 e. The summed E-state index contributed by atoms with van der Waals surface area (Å²) in [4.78, 5) is 3.90. The molecule has 0 aromatic carbocycles. The maximum absolute atomic E-state index is 9.28. The van der Waals surface area contributed by atoms with Crippen LogP contribution < -0.4 is 10.5 Å². The summed E-state index contributed by atoms with van der Waals surface area (Å²) in [6.07, 6.45) is 2.28. The second-order valence-electron chi connectivity index (χ2n) is 3.92. The summed E-state index contributed by atoms with van der Waals surface area (Å²) in [5, 5.41) is 9.28. The summed E-state index contributed by atoms with van der Waals surface area (Å²) in [6, 6.07) is 3.45. The van der Waals surface area contributed by atoms with Crippen molar-refractivity contribution >= 4 is 5.82 Å². The van der Waals surface area contributed by atoms with Crippen LogP contribution in [0.25, 0.3) is 0 Å². The van der Waals surface area contributed by atoms with Crippen molar-refractivity contribution in [3.63, 3.8) is 0 Å². The molecule has 0 aliphatic rings. The van der Waals surface area contributed by atoms with E-state index in [-0.39, 0.29) is 0 Å². The Morgan fingerprint density at radius 2 is 1.94 bits per heavy atom. The van der Waals surface area contributed by atoms with Gasteiger partial charge in [0.2, 0.25) is 0 Å². The lowest BCUT2D eigenvalue weighted by Crippen LogP contribution is -2.24. The fraction of sp³-hybridized carbons (Fsp3) is 0.615. The van der Waals surface area contributed by atoms with E-state index >= 15 is 0 Å². The molecule has 1 aromatic heterocycles. The summed E-state index contributed by atoms with van der Waals surface area (Å²) in [5.41, 5.74) is 5.44. The Balaban J connectivity index is 0.00000137. The lowest BCUT2D eigenvalue weighted by molar-refractivity contribution is -0.176. The SMILES string of the molecule is CC.CC(C)(O)OCCCOc1ccc(N)nc1. The Hall–Kier alpha value is -1.33. The zero-order valence-electron chi connectivity index (χ0n) is 11.6. The predicted molar refractivity (Wildman–Crippen MR) is 72.4 cm³/mol. The number of hydrogen-bond donors (Lipinski definition) is 2.